The molecule has 0 amide bonds. The molecule has 0 saturated heterocycles. The molecule has 15 heavy (non-hydrogen) atoms. The first kappa shape index (κ1) is 10.9. The van der Waals surface area contributed by atoms with Gasteiger partial charge in [-0.1, -0.05) is 0 Å². The minimum absolute atomic E-state index is 0.879. The topological polar surface area (TPSA) is 22.1 Å². The Kier molecular flexibility index (Phi) is 3.56. The van der Waals surface area contributed by atoms with Gasteiger partial charge in [-0.3, -0.25) is 0 Å². The number of thioether (sulfide) groups is 1. The van der Waals surface area contributed by atoms with Crippen molar-refractivity contribution in [3.63, 3.8) is 0 Å². The van der Waals surface area contributed by atoms with Crippen LogP contribution >= 0.6 is 32.4 Å². The van der Waals surface area contributed by atoms with Gasteiger partial charge in [0.05, 0.1) is 7.11 Å². The molecule has 0 bridgehead atoms. The Morgan fingerprint density at radius 3 is 2.60 bits per heavy atom. The molecule has 0 radical (unpaired) electrons. The maximum atomic E-state index is 5.11. The summed E-state index contributed by atoms with van der Waals surface area (Å²) in [7, 11) is 5.10. The van der Waals surface area contributed by atoms with Crippen LogP contribution in [0.25, 0.3) is 10.6 Å². The van der Waals surface area contributed by atoms with Crippen LogP contribution in [0.2, 0.25) is 0 Å². The second-order valence-electron chi connectivity index (χ2n) is 2.78. The molecular formula is C10H10NOS3+. The summed E-state index contributed by atoms with van der Waals surface area (Å²) in [6.07, 6.45) is 2.04. The smallest absolute Gasteiger partial charge is 0.376 e. The molecule has 0 aliphatic carbocycles. The van der Waals surface area contributed by atoms with Crippen LogP contribution in [0.15, 0.2) is 28.6 Å². The Morgan fingerprint density at radius 1 is 1.33 bits per heavy atom. The molecule has 0 saturated carbocycles. The lowest BCUT2D eigenvalue weighted by Crippen LogP contribution is -1.82. The van der Waals surface area contributed by atoms with Crippen LogP contribution in [0, 0.1) is 0 Å². The summed E-state index contributed by atoms with van der Waals surface area (Å²) in [5.74, 6) is 0.879. The summed E-state index contributed by atoms with van der Waals surface area (Å²) >= 11 is 1.69. The zero-order valence-electron chi connectivity index (χ0n) is 8.39. The number of hydrogen-bond acceptors (Lipinski definition) is 4. The van der Waals surface area contributed by atoms with Crippen LogP contribution in [-0.2, 0) is 0 Å². The Hall–Kier alpha value is -0.650. The average Bonchev–Trinajstić information content (AvgIpc) is 2.78. The predicted octanol–water partition coefficient (Wildman–Crippen LogP) is 3.88. The highest BCUT2D eigenvalue weighted by Crippen LogP contribution is 2.32. The normalized spacial score (nSPS) is 10.3. The Bertz CT molecular complexity index is 438. The zero-order valence-corrected chi connectivity index (χ0v) is 10.8. The molecule has 78 valence electrons. The van der Waals surface area contributed by atoms with Gasteiger partial charge in [0.15, 0.2) is 15.3 Å². The molecule has 0 unspecified atom stereocenters. The van der Waals surface area contributed by atoms with Gasteiger partial charge >= 0.3 is 14.7 Å². The lowest BCUT2D eigenvalue weighted by Gasteiger charge is -1.98. The summed E-state index contributed by atoms with van der Waals surface area (Å²) in [5.41, 5.74) is 1.15. The summed E-state index contributed by atoms with van der Waals surface area (Å²) in [4.78, 5) is 4.51. The summed E-state index contributed by atoms with van der Waals surface area (Å²) < 4.78 is 6.23. The van der Waals surface area contributed by atoms with Crippen molar-refractivity contribution in [1.82, 2.24) is 4.98 Å². The van der Waals surface area contributed by atoms with E-state index in [1.165, 1.54) is 0 Å². The van der Waals surface area contributed by atoms with Gasteiger partial charge in [0, 0.05) is 5.56 Å². The highest BCUT2D eigenvalue weighted by molar-refractivity contribution is 8.02. The predicted molar refractivity (Wildman–Crippen MR) is 68.2 cm³/mol. The molecule has 1 aromatic carbocycles. The van der Waals surface area contributed by atoms with Crippen molar-refractivity contribution in [3.8, 4) is 16.3 Å². The first-order valence-electron chi connectivity index (χ1n) is 4.32. The number of methoxy groups -OCH3 is 1. The lowest BCUT2D eigenvalue weighted by molar-refractivity contribution is 0.415. The molecule has 5 heteroatoms. The zero-order chi connectivity index (χ0) is 10.7. The van der Waals surface area contributed by atoms with Crippen molar-refractivity contribution in [2.75, 3.05) is 13.4 Å². The van der Waals surface area contributed by atoms with Crippen molar-refractivity contribution in [2.24, 2.45) is 0 Å². The van der Waals surface area contributed by atoms with E-state index >= 15 is 0 Å². The van der Waals surface area contributed by atoms with Gasteiger partial charge in [0.25, 0.3) is 0 Å². The summed E-state index contributed by atoms with van der Waals surface area (Å²) in [6.45, 7) is 0. The molecule has 0 atom stereocenters. The standard InChI is InChI=1S/C10H10NOS3/c1-12-8-5-3-7(4-6-8)9-11-10(13-2)15-14-9/h3-6H,1-2H3/q+1. The SMILES string of the molecule is COc1ccc(-c2nc(SC)[s+]s2)cc1. The first-order valence-corrected chi connectivity index (χ1v) is 7.69. The monoisotopic (exact) mass is 256 g/mol. The number of aromatic nitrogens is 1. The van der Waals surface area contributed by atoms with E-state index in [0.717, 1.165) is 20.7 Å². The number of hydrogen-bond donors (Lipinski definition) is 0. The lowest BCUT2D eigenvalue weighted by atomic mass is 10.2. The first-order chi connectivity index (χ1) is 7.33. The quantitative estimate of drug-likeness (QED) is 0.472. The third-order valence-electron chi connectivity index (χ3n) is 1.90. The second kappa shape index (κ2) is 4.92. The minimum atomic E-state index is 0.879. The Balaban J connectivity index is 2.28. The highest BCUT2D eigenvalue weighted by atomic mass is 32.9. The molecule has 0 aliphatic heterocycles. The molecule has 1 aromatic heterocycles. The third kappa shape index (κ3) is 2.48. The Morgan fingerprint density at radius 2 is 2.07 bits per heavy atom. The van der Waals surface area contributed by atoms with Gasteiger partial charge in [0.2, 0.25) is 0 Å². The number of nitrogens with zero attached hydrogens (tertiary/aromatic N) is 1. The van der Waals surface area contributed by atoms with Gasteiger partial charge < -0.3 is 4.74 Å². The fourth-order valence-electron chi connectivity index (χ4n) is 1.12. The third-order valence-corrected chi connectivity index (χ3v) is 5.40. The molecule has 0 spiro atoms. The van der Waals surface area contributed by atoms with E-state index in [4.69, 9.17) is 4.74 Å². The molecule has 0 fully saturated rings. The van der Waals surface area contributed by atoms with Gasteiger partial charge in [0.1, 0.15) is 5.75 Å². The summed E-state index contributed by atoms with van der Waals surface area (Å²) in [5, 5.41) is 1.08. The van der Waals surface area contributed by atoms with Gasteiger partial charge in [-0.25, -0.2) is 0 Å². The van der Waals surface area contributed by atoms with E-state index in [9.17, 15) is 0 Å². The van der Waals surface area contributed by atoms with Crippen LogP contribution in [0.3, 0.4) is 0 Å². The Labute approximate surface area is 100 Å². The van der Waals surface area contributed by atoms with E-state index in [0.29, 0.717) is 0 Å². The maximum absolute atomic E-state index is 5.11. The van der Waals surface area contributed by atoms with Gasteiger partial charge in [-0.05, 0) is 42.3 Å². The van der Waals surface area contributed by atoms with Gasteiger partial charge in [-0.2, -0.15) is 4.98 Å². The van der Waals surface area contributed by atoms with Crippen LogP contribution in [-0.4, -0.2) is 18.3 Å². The van der Waals surface area contributed by atoms with Crippen molar-refractivity contribution in [3.05, 3.63) is 24.3 Å². The van der Waals surface area contributed by atoms with Crippen molar-refractivity contribution >= 4 is 32.4 Å². The van der Waals surface area contributed by atoms with Crippen LogP contribution in [0.1, 0.15) is 0 Å². The van der Waals surface area contributed by atoms with Gasteiger partial charge in [-0.15, -0.1) is 0 Å². The fourth-order valence-corrected chi connectivity index (χ4v) is 4.21. The van der Waals surface area contributed by atoms with Crippen molar-refractivity contribution < 1.29 is 4.74 Å². The average molecular weight is 256 g/mol. The van der Waals surface area contributed by atoms with E-state index in [1.54, 1.807) is 39.6 Å². The van der Waals surface area contributed by atoms with Crippen LogP contribution in [0.5, 0.6) is 5.75 Å². The van der Waals surface area contributed by atoms with Crippen molar-refractivity contribution in [1.29, 1.82) is 0 Å². The van der Waals surface area contributed by atoms with Crippen molar-refractivity contribution in [2.45, 2.75) is 4.34 Å². The molecule has 2 aromatic rings. The van der Waals surface area contributed by atoms with Crippen LogP contribution in [0.4, 0.5) is 0 Å². The maximum Gasteiger partial charge on any atom is 0.376 e. The number of rotatable bonds is 3. The number of ether oxygens (including phenoxy) is 1. The fraction of sp³-hybridized carbons (Fsp3) is 0.200. The molecule has 2 rings (SSSR count). The molecule has 1 heterocycles. The second-order valence-corrected chi connectivity index (χ2v) is 5.94. The molecule has 0 N–H and O–H groups in total. The van der Waals surface area contributed by atoms with E-state index in [2.05, 4.69) is 4.98 Å². The molecule has 2 nitrogen and oxygen atoms in total. The van der Waals surface area contributed by atoms with E-state index < -0.39 is 0 Å². The molecular weight excluding hydrogens is 246 g/mol. The van der Waals surface area contributed by atoms with E-state index in [-0.39, 0.29) is 0 Å². The molecule has 0 aliphatic rings. The highest BCUT2D eigenvalue weighted by Gasteiger charge is 2.15. The largest absolute Gasteiger partial charge is 0.497 e. The summed E-state index contributed by atoms with van der Waals surface area (Å²) in [6, 6.07) is 7.99. The minimum Gasteiger partial charge on any atom is -0.497 e. The van der Waals surface area contributed by atoms with Crippen LogP contribution < -0.4 is 4.74 Å². The number of benzene rings is 1. The van der Waals surface area contributed by atoms with E-state index in [1.807, 2.05) is 30.5 Å².